The minimum atomic E-state index is 0.824. The summed E-state index contributed by atoms with van der Waals surface area (Å²) in [5.41, 5.74) is 0. The Balaban J connectivity index is 2.05. The molecule has 0 unspecified atom stereocenters. The molecule has 0 amide bonds. The summed E-state index contributed by atoms with van der Waals surface area (Å²) in [7, 11) is 0. The monoisotopic (exact) mass is 200 g/mol. The number of nitrogens with zero attached hydrogens (tertiary/aromatic N) is 1. The zero-order valence-corrected chi connectivity index (χ0v) is 9.59. The van der Waals surface area contributed by atoms with Crippen LogP contribution in [0.15, 0.2) is 0 Å². The molecule has 0 spiro atoms. The lowest BCUT2D eigenvalue weighted by Crippen LogP contribution is -2.38. The molecule has 0 bridgehead atoms. The van der Waals surface area contributed by atoms with Crippen molar-refractivity contribution >= 4 is 0 Å². The molecule has 0 aromatic heterocycles. The molecule has 0 aliphatic carbocycles. The van der Waals surface area contributed by atoms with Gasteiger partial charge in [0.25, 0.3) is 0 Å². The molecule has 1 N–H and O–H groups in total. The van der Waals surface area contributed by atoms with Gasteiger partial charge in [0, 0.05) is 19.7 Å². The van der Waals surface area contributed by atoms with Crippen molar-refractivity contribution in [3.05, 3.63) is 0 Å². The van der Waals surface area contributed by atoms with Crippen LogP contribution in [-0.4, -0.2) is 44.4 Å². The molecule has 1 aliphatic heterocycles. The molecule has 3 heteroatoms. The maximum Gasteiger partial charge on any atom is 0.0990 e. The summed E-state index contributed by atoms with van der Waals surface area (Å²) in [6.45, 7) is 10.6. The van der Waals surface area contributed by atoms with Crippen molar-refractivity contribution in [2.45, 2.75) is 26.7 Å². The molecule has 1 saturated heterocycles. The minimum absolute atomic E-state index is 0.824. The van der Waals surface area contributed by atoms with E-state index in [1.54, 1.807) is 0 Å². The lowest BCUT2D eigenvalue weighted by molar-refractivity contribution is 0.0167. The summed E-state index contributed by atoms with van der Waals surface area (Å²) in [5, 5.41) is 3.43. The maximum atomic E-state index is 5.40. The number of hydrogen-bond donors (Lipinski definition) is 1. The highest BCUT2D eigenvalue weighted by molar-refractivity contribution is 4.72. The number of rotatable bonds is 6. The molecule has 1 aliphatic rings. The Hall–Kier alpha value is -0.120. The van der Waals surface area contributed by atoms with Crippen molar-refractivity contribution in [3.63, 3.8) is 0 Å². The highest BCUT2D eigenvalue weighted by atomic mass is 16.5. The summed E-state index contributed by atoms with van der Waals surface area (Å²) in [4.78, 5) is 2.41. The quantitative estimate of drug-likeness (QED) is 0.699. The third-order valence-corrected chi connectivity index (χ3v) is 2.87. The largest absolute Gasteiger partial charge is 0.366 e. The zero-order chi connectivity index (χ0) is 10.2. The average molecular weight is 200 g/mol. The summed E-state index contributed by atoms with van der Waals surface area (Å²) < 4.78 is 5.40. The standard InChI is InChI=1S/C11H24N2O/c1-3-12-9-11-5-7-13(8-6-11)10-14-4-2/h11-12H,3-10H2,1-2H3. The third kappa shape index (κ3) is 4.40. The van der Waals surface area contributed by atoms with E-state index >= 15 is 0 Å². The normalized spacial score (nSPS) is 20.1. The second-order valence-corrected chi connectivity index (χ2v) is 3.99. The molecule has 0 aromatic rings. The van der Waals surface area contributed by atoms with Crippen molar-refractivity contribution in [2.75, 3.05) is 39.5 Å². The van der Waals surface area contributed by atoms with Gasteiger partial charge in [-0.3, -0.25) is 4.90 Å². The minimum Gasteiger partial charge on any atom is -0.366 e. The molecule has 3 nitrogen and oxygen atoms in total. The van der Waals surface area contributed by atoms with E-state index in [2.05, 4.69) is 24.1 Å². The van der Waals surface area contributed by atoms with E-state index < -0.39 is 0 Å². The molecule has 0 radical (unpaired) electrons. The molecule has 0 saturated carbocycles. The zero-order valence-electron chi connectivity index (χ0n) is 9.59. The van der Waals surface area contributed by atoms with Gasteiger partial charge in [0.1, 0.15) is 0 Å². The number of ether oxygens (including phenoxy) is 1. The van der Waals surface area contributed by atoms with Crippen molar-refractivity contribution in [3.8, 4) is 0 Å². The van der Waals surface area contributed by atoms with Gasteiger partial charge in [-0.25, -0.2) is 0 Å². The Kier molecular flexibility index (Phi) is 6.15. The van der Waals surface area contributed by atoms with Crippen molar-refractivity contribution < 1.29 is 4.74 Å². The Morgan fingerprint density at radius 2 is 2.00 bits per heavy atom. The third-order valence-electron chi connectivity index (χ3n) is 2.87. The maximum absolute atomic E-state index is 5.40. The molecular formula is C11H24N2O. The molecule has 14 heavy (non-hydrogen) atoms. The Morgan fingerprint density at radius 1 is 1.29 bits per heavy atom. The predicted molar refractivity (Wildman–Crippen MR) is 59.3 cm³/mol. The van der Waals surface area contributed by atoms with Crippen LogP contribution in [0.2, 0.25) is 0 Å². The number of likely N-dealkylation sites (tertiary alicyclic amines) is 1. The van der Waals surface area contributed by atoms with Crippen LogP contribution in [0.3, 0.4) is 0 Å². The molecular weight excluding hydrogens is 176 g/mol. The molecule has 1 heterocycles. The van der Waals surface area contributed by atoms with E-state index in [0.29, 0.717) is 0 Å². The van der Waals surface area contributed by atoms with E-state index in [0.717, 1.165) is 25.8 Å². The van der Waals surface area contributed by atoms with Gasteiger partial charge in [-0.15, -0.1) is 0 Å². The first-order valence-electron chi connectivity index (χ1n) is 5.87. The molecule has 0 atom stereocenters. The lowest BCUT2D eigenvalue weighted by atomic mass is 9.97. The van der Waals surface area contributed by atoms with Gasteiger partial charge >= 0.3 is 0 Å². The van der Waals surface area contributed by atoms with Gasteiger partial charge in [0.2, 0.25) is 0 Å². The first-order chi connectivity index (χ1) is 6.86. The van der Waals surface area contributed by atoms with Gasteiger partial charge in [-0.2, -0.15) is 0 Å². The van der Waals surface area contributed by atoms with Gasteiger partial charge in [-0.1, -0.05) is 6.92 Å². The Bertz CT molecular complexity index is 117. The number of hydrogen-bond acceptors (Lipinski definition) is 3. The van der Waals surface area contributed by atoms with E-state index in [1.807, 2.05) is 0 Å². The van der Waals surface area contributed by atoms with E-state index in [-0.39, 0.29) is 0 Å². The topological polar surface area (TPSA) is 24.5 Å². The first kappa shape index (κ1) is 12.0. The predicted octanol–water partition coefficient (Wildman–Crippen LogP) is 1.30. The van der Waals surface area contributed by atoms with E-state index in [9.17, 15) is 0 Å². The average Bonchev–Trinajstić information content (AvgIpc) is 2.25. The summed E-state index contributed by atoms with van der Waals surface area (Å²) in [6, 6.07) is 0. The van der Waals surface area contributed by atoms with Crippen LogP contribution in [0.25, 0.3) is 0 Å². The summed E-state index contributed by atoms with van der Waals surface area (Å²) >= 11 is 0. The van der Waals surface area contributed by atoms with Crippen LogP contribution < -0.4 is 5.32 Å². The van der Waals surface area contributed by atoms with Gasteiger partial charge < -0.3 is 10.1 Å². The second-order valence-electron chi connectivity index (χ2n) is 3.99. The Morgan fingerprint density at radius 3 is 2.57 bits per heavy atom. The van der Waals surface area contributed by atoms with E-state index in [4.69, 9.17) is 4.74 Å². The number of piperidine rings is 1. The SMILES string of the molecule is CCNCC1CCN(COCC)CC1. The van der Waals surface area contributed by atoms with Crippen molar-refractivity contribution in [2.24, 2.45) is 5.92 Å². The van der Waals surface area contributed by atoms with Crippen LogP contribution in [0.5, 0.6) is 0 Å². The summed E-state index contributed by atoms with van der Waals surface area (Å²) in [6.07, 6.45) is 2.64. The molecule has 0 aromatic carbocycles. The van der Waals surface area contributed by atoms with Gasteiger partial charge in [-0.05, 0) is 38.8 Å². The van der Waals surface area contributed by atoms with Crippen molar-refractivity contribution in [1.82, 2.24) is 10.2 Å². The Labute approximate surface area is 87.8 Å². The van der Waals surface area contributed by atoms with Crippen LogP contribution in [0.4, 0.5) is 0 Å². The summed E-state index contributed by atoms with van der Waals surface area (Å²) in [5.74, 6) is 0.882. The fourth-order valence-electron chi connectivity index (χ4n) is 1.89. The second kappa shape index (κ2) is 7.21. The van der Waals surface area contributed by atoms with Gasteiger partial charge in [0.05, 0.1) is 6.73 Å². The van der Waals surface area contributed by atoms with Crippen LogP contribution in [0, 0.1) is 5.92 Å². The molecule has 84 valence electrons. The van der Waals surface area contributed by atoms with Crippen LogP contribution >= 0.6 is 0 Å². The molecule has 1 rings (SSSR count). The number of nitrogens with one attached hydrogen (secondary N) is 1. The fraction of sp³-hybridized carbons (Fsp3) is 1.00. The van der Waals surface area contributed by atoms with Crippen LogP contribution in [-0.2, 0) is 4.74 Å². The highest BCUT2D eigenvalue weighted by Gasteiger charge is 2.18. The highest BCUT2D eigenvalue weighted by Crippen LogP contribution is 2.15. The smallest absolute Gasteiger partial charge is 0.0990 e. The lowest BCUT2D eigenvalue weighted by Gasteiger charge is -2.31. The molecule has 1 fully saturated rings. The first-order valence-corrected chi connectivity index (χ1v) is 5.87. The fourth-order valence-corrected chi connectivity index (χ4v) is 1.89. The van der Waals surface area contributed by atoms with Gasteiger partial charge in [0.15, 0.2) is 0 Å². The van der Waals surface area contributed by atoms with E-state index in [1.165, 1.54) is 32.5 Å². The van der Waals surface area contributed by atoms with Crippen molar-refractivity contribution in [1.29, 1.82) is 0 Å². The van der Waals surface area contributed by atoms with Crippen LogP contribution in [0.1, 0.15) is 26.7 Å².